The molecule has 0 rings (SSSR count). The molecule has 92 valence electrons. The molecule has 0 aliphatic carbocycles. The summed E-state index contributed by atoms with van der Waals surface area (Å²) in [6.45, 7) is 7.41. The van der Waals surface area contributed by atoms with E-state index >= 15 is 0 Å². The molecule has 0 aromatic rings. The zero-order valence-corrected chi connectivity index (χ0v) is 11.4. The summed E-state index contributed by atoms with van der Waals surface area (Å²) in [7, 11) is 1.74. The van der Waals surface area contributed by atoms with Crippen LogP contribution in [0.25, 0.3) is 0 Å². The average Bonchev–Trinajstić information content (AvgIpc) is 2.19. The van der Waals surface area contributed by atoms with Gasteiger partial charge in [-0.15, -0.1) is 0 Å². The second-order valence-corrected chi connectivity index (χ2v) is 5.49. The molecule has 0 bridgehead atoms. The third-order valence-corrected chi connectivity index (χ3v) is 3.95. The van der Waals surface area contributed by atoms with Crippen LogP contribution in [0.15, 0.2) is 0 Å². The molecule has 0 aliphatic heterocycles. The molecular formula is C11H25NO2S. The number of aliphatic hydroxyl groups is 1. The largest absolute Gasteiger partial charge is 0.395 e. The van der Waals surface area contributed by atoms with Crippen LogP contribution in [0.4, 0.5) is 0 Å². The van der Waals surface area contributed by atoms with Crippen molar-refractivity contribution < 1.29 is 9.84 Å². The number of hydrogen-bond donors (Lipinski definition) is 2. The van der Waals surface area contributed by atoms with Crippen LogP contribution in [0, 0.1) is 0 Å². The van der Waals surface area contributed by atoms with E-state index in [2.05, 4.69) is 26.1 Å². The SMILES string of the molecule is COC(C)(C)CCNC(C)C(CO)SC. The number of rotatable bonds is 8. The van der Waals surface area contributed by atoms with Crippen molar-refractivity contribution in [2.75, 3.05) is 26.5 Å². The lowest BCUT2D eigenvalue weighted by atomic mass is 10.1. The molecule has 15 heavy (non-hydrogen) atoms. The first-order chi connectivity index (χ1) is 6.96. The fourth-order valence-corrected chi connectivity index (χ4v) is 1.92. The lowest BCUT2D eigenvalue weighted by Crippen LogP contribution is -2.40. The van der Waals surface area contributed by atoms with E-state index in [1.54, 1.807) is 18.9 Å². The van der Waals surface area contributed by atoms with Gasteiger partial charge in [0, 0.05) is 18.4 Å². The van der Waals surface area contributed by atoms with Crippen LogP contribution in [0.2, 0.25) is 0 Å². The van der Waals surface area contributed by atoms with Crippen molar-refractivity contribution in [1.82, 2.24) is 5.32 Å². The van der Waals surface area contributed by atoms with Crippen molar-refractivity contribution in [3.63, 3.8) is 0 Å². The molecule has 0 fully saturated rings. The number of hydrogen-bond acceptors (Lipinski definition) is 4. The van der Waals surface area contributed by atoms with Gasteiger partial charge in [-0.05, 0) is 40.0 Å². The standard InChI is InChI=1S/C11H25NO2S/c1-9(10(8-13)15-5)12-7-6-11(2,3)14-4/h9-10,12-13H,6-8H2,1-5H3. The van der Waals surface area contributed by atoms with Crippen LogP contribution in [-0.2, 0) is 4.74 Å². The average molecular weight is 235 g/mol. The molecule has 0 aromatic heterocycles. The molecule has 0 aromatic carbocycles. The first kappa shape index (κ1) is 15.2. The summed E-state index contributed by atoms with van der Waals surface area (Å²) in [6.07, 6.45) is 3.00. The summed E-state index contributed by atoms with van der Waals surface area (Å²) in [5, 5.41) is 12.8. The minimum absolute atomic E-state index is 0.0687. The molecule has 0 aliphatic rings. The number of aliphatic hydroxyl groups excluding tert-OH is 1. The molecule has 3 nitrogen and oxygen atoms in total. The maximum absolute atomic E-state index is 9.12. The zero-order chi connectivity index (χ0) is 11.9. The number of methoxy groups -OCH3 is 1. The van der Waals surface area contributed by atoms with E-state index in [-0.39, 0.29) is 17.5 Å². The van der Waals surface area contributed by atoms with Gasteiger partial charge in [0.25, 0.3) is 0 Å². The third-order valence-electron chi connectivity index (χ3n) is 2.79. The predicted molar refractivity (Wildman–Crippen MR) is 67.6 cm³/mol. The van der Waals surface area contributed by atoms with E-state index in [0.29, 0.717) is 6.04 Å². The van der Waals surface area contributed by atoms with E-state index in [0.717, 1.165) is 13.0 Å². The van der Waals surface area contributed by atoms with Crippen LogP contribution in [0.5, 0.6) is 0 Å². The molecular weight excluding hydrogens is 210 g/mol. The van der Waals surface area contributed by atoms with Gasteiger partial charge in [-0.1, -0.05) is 0 Å². The molecule has 0 spiro atoms. The topological polar surface area (TPSA) is 41.5 Å². The Morgan fingerprint density at radius 2 is 2.07 bits per heavy atom. The van der Waals surface area contributed by atoms with E-state index in [9.17, 15) is 0 Å². The van der Waals surface area contributed by atoms with Gasteiger partial charge in [0.2, 0.25) is 0 Å². The summed E-state index contributed by atoms with van der Waals surface area (Å²) in [4.78, 5) is 0. The van der Waals surface area contributed by atoms with Crippen molar-refractivity contribution in [3.05, 3.63) is 0 Å². The Morgan fingerprint density at radius 1 is 1.47 bits per heavy atom. The fourth-order valence-electron chi connectivity index (χ4n) is 1.27. The molecule has 2 N–H and O–H groups in total. The third kappa shape index (κ3) is 6.40. The van der Waals surface area contributed by atoms with Gasteiger partial charge in [-0.2, -0.15) is 11.8 Å². The first-order valence-electron chi connectivity index (χ1n) is 5.39. The fraction of sp³-hybridized carbons (Fsp3) is 1.00. The summed E-state index contributed by atoms with van der Waals surface area (Å²) in [5.41, 5.74) is -0.0687. The Labute approximate surface area is 98.0 Å². The maximum atomic E-state index is 9.12. The summed E-state index contributed by atoms with van der Waals surface area (Å²) in [5.74, 6) is 0. The summed E-state index contributed by atoms with van der Waals surface area (Å²) >= 11 is 1.70. The molecule has 0 saturated heterocycles. The zero-order valence-electron chi connectivity index (χ0n) is 10.5. The highest BCUT2D eigenvalue weighted by atomic mass is 32.2. The van der Waals surface area contributed by atoms with Crippen molar-refractivity contribution >= 4 is 11.8 Å². The smallest absolute Gasteiger partial charge is 0.0634 e. The minimum atomic E-state index is -0.0687. The second kappa shape index (κ2) is 7.49. The van der Waals surface area contributed by atoms with Crippen molar-refractivity contribution in [2.45, 2.75) is 44.1 Å². The highest BCUT2D eigenvalue weighted by molar-refractivity contribution is 7.99. The molecule has 2 atom stereocenters. The Hall–Kier alpha value is 0.230. The van der Waals surface area contributed by atoms with Crippen LogP contribution in [0.3, 0.4) is 0 Å². The molecule has 2 unspecified atom stereocenters. The van der Waals surface area contributed by atoms with Gasteiger partial charge in [-0.3, -0.25) is 0 Å². The van der Waals surface area contributed by atoms with Crippen LogP contribution < -0.4 is 5.32 Å². The lowest BCUT2D eigenvalue weighted by molar-refractivity contribution is 0.0154. The van der Waals surface area contributed by atoms with Crippen molar-refractivity contribution in [1.29, 1.82) is 0 Å². The van der Waals surface area contributed by atoms with Crippen LogP contribution in [-0.4, -0.2) is 48.5 Å². The summed E-state index contributed by atoms with van der Waals surface area (Å²) in [6, 6.07) is 0.331. The van der Waals surface area contributed by atoms with Gasteiger partial charge < -0.3 is 15.2 Å². The van der Waals surface area contributed by atoms with Crippen molar-refractivity contribution in [3.8, 4) is 0 Å². The first-order valence-corrected chi connectivity index (χ1v) is 6.68. The predicted octanol–water partition coefficient (Wildman–Crippen LogP) is 1.50. The Morgan fingerprint density at radius 3 is 2.47 bits per heavy atom. The normalized spacial score (nSPS) is 16.4. The van der Waals surface area contributed by atoms with E-state index in [1.807, 2.05) is 6.26 Å². The Kier molecular flexibility index (Phi) is 7.61. The second-order valence-electron chi connectivity index (χ2n) is 4.41. The van der Waals surface area contributed by atoms with Gasteiger partial charge in [0.1, 0.15) is 0 Å². The van der Waals surface area contributed by atoms with Crippen molar-refractivity contribution in [2.24, 2.45) is 0 Å². The molecule has 0 saturated carbocycles. The Balaban J connectivity index is 3.76. The number of thioether (sulfide) groups is 1. The highest BCUT2D eigenvalue weighted by Crippen LogP contribution is 2.13. The minimum Gasteiger partial charge on any atom is -0.395 e. The van der Waals surface area contributed by atoms with Gasteiger partial charge in [0.15, 0.2) is 0 Å². The van der Waals surface area contributed by atoms with E-state index in [1.165, 1.54) is 0 Å². The highest BCUT2D eigenvalue weighted by Gasteiger charge is 2.18. The molecule has 0 radical (unpaired) electrons. The van der Waals surface area contributed by atoms with Crippen LogP contribution in [0.1, 0.15) is 27.2 Å². The van der Waals surface area contributed by atoms with Crippen LogP contribution >= 0.6 is 11.8 Å². The number of nitrogens with one attached hydrogen (secondary N) is 1. The van der Waals surface area contributed by atoms with Gasteiger partial charge in [-0.25, -0.2) is 0 Å². The Bertz CT molecular complexity index is 161. The maximum Gasteiger partial charge on any atom is 0.0634 e. The molecule has 4 heteroatoms. The van der Waals surface area contributed by atoms with E-state index < -0.39 is 0 Å². The van der Waals surface area contributed by atoms with Gasteiger partial charge >= 0.3 is 0 Å². The molecule has 0 heterocycles. The quantitative estimate of drug-likeness (QED) is 0.669. The lowest BCUT2D eigenvalue weighted by Gasteiger charge is -2.26. The monoisotopic (exact) mass is 235 g/mol. The van der Waals surface area contributed by atoms with E-state index in [4.69, 9.17) is 9.84 Å². The summed E-state index contributed by atoms with van der Waals surface area (Å²) < 4.78 is 5.34. The molecule has 0 amide bonds. The van der Waals surface area contributed by atoms with Gasteiger partial charge in [0.05, 0.1) is 12.2 Å². The number of ether oxygens (including phenoxy) is 1.